The number of thioether (sulfide) groups is 1. The summed E-state index contributed by atoms with van der Waals surface area (Å²) in [5.74, 6) is 2.90. The molecule has 0 amide bonds. The average molecular weight is 453 g/mol. The largest absolute Gasteiger partial charge is 0.493 e. The summed E-state index contributed by atoms with van der Waals surface area (Å²) >= 11 is 1.53. The normalized spacial score (nSPS) is 10.9. The highest BCUT2D eigenvalue weighted by Gasteiger charge is 2.18. The van der Waals surface area contributed by atoms with E-state index in [2.05, 4.69) is 47.2 Å². The van der Waals surface area contributed by atoms with Gasteiger partial charge in [-0.15, -0.1) is 10.2 Å². The zero-order valence-electron chi connectivity index (χ0n) is 18.6. The summed E-state index contributed by atoms with van der Waals surface area (Å²) in [6, 6.07) is 9.90. The van der Waals surface area contributed by atoms with Gasteiger partial charge in [0.15, 0.2) is 16.7 Å². The lowest BCUT2D eigenvalue weighted by Gasteiger charge is -2.12. The molecule has 2 aromatic heterocycles. The van der Waals surface area contributed by atoms with Gasteiger partial charge in [0.2, 0.25) is 17.5 Å². The number of imidazole rings is 1. The van der Waals surface area contributed by atoms with Gasteiger partial charge in [-0.1, -0.05) is 17.8 Å². The Morgan fingerprint density at radius 3 is 2.34 bits per heavy atom. The predicted octanol–water partition coefficient (Wildman–Crippen LogP) is 4.86. The van der Waals surface area contributed by atoms with Crippen molar-refractivity contribution in [3.05, 3.63) is 59.7 Å². The molecule has 0 saturated carbocycles. The van der Waals surface area contributed by atoms with E-state index in [1.165, 1.54) is 22.9 Å². The van der Waals surface area contributed by atoms with Crippen molar-refractivity contribution in [1.82, 2.24) is 19.7 Å². The van der Waals surface area contributed by atoms with Gasteiger partial charge in [-0.25, -0.2) is 4.98 Å². The fourth-order valence-corrected chi connectivity index (χ4v) is 4.04. The Morgan fingerprint density at radius 2 is 1.69 bits per heavy atom. The third-order valence-corrected chi connectivity index (χ3v) is 6.03. The third-order valence-electron chi connectivity index (χ3n) is 5.08. The first-order chi connectivity index (χ1) is 15.5. The average Bonchev–Trinajstić information content (AvgIpc) is 3.48. The zero-order valence-corrected chi connectivity index (χ0v) is 19.4. The molecular formula is C23H24N4O4S. The lowest BCUT2D eigenvalue weighted by Crippen LogP contribution is -1.96. The van der Waals surface area contributed by atoms with Gasteiger partial charge in [-0.2, -0.15) is 0 Å². The van der Waals surface area contributed by atoms with Crippen LogP contribution in [0.5, 0.6) is 17.2 Å². The van der Waals surface area contributed by atoms with Gasteiger partial charge in [0.05, 0.1) is 27.1 Å². The van der Waals surface area contributed by atoms with Crippen molar-refractivity contribution in [1.29, 1.82) is 0 Å². The van der Waals surface area contributed by atoms with Gasteiger partial charge < -0.3 is 18.6 Å². The molecule has 9 heteroatoms. The van der Waals surface area contributed by atoms with Crippen LogP contribution in [0.25, 0.3) is 17.1 Å². The third kappa shape index (κ3) is 4.29. The Bertz CT molecular complexity index is 1210. The van der Waals surface area contributed by atoms with Crippen molar-refractivity contribution in [3.63, 3.8) is 0 Å². The van der Waals surface area contributed by atoms with Crippen LogP contribution in [0, 0.1) is 13.8 Å². The number of hydrogen-bond donors (Lipinski definition) is 0. The summed E-state index contributed by atoms with van der Waals surface area (Å²) < 4.78 is 24.1. The maximum Gasteiger partial charge on any atom is 0.248 e. The molecular weight excluding hydrogens is 428 g/mol. The molecule has 0 saturated heterocycles. The number of aryl methyl sites for hydroxylation is 2. The number of rotatable bonds is 8. The Labute approximate surface area is 190 Å². The van der Waals surface area contributed by atoms with Crippen LogP contribution in [0.15, 0.2) is 52.3 Å². The van der Waals surface area contributed by atoms with Crippen molar-refractivity contribution < 1.29 is 18.6 Å². The van der Waals surface area contributed by atoms with E-state index in [4.69, 9.17) is 18.6 Å². The van der Waals surface area contributed by atoms with Gasteiger partial charge in [-0.05, 0) is 49.2 Å². The minimum Gasteiger partial charge on any atom is -0.493 e. The van der Waals surface area contributed by atoms with Crippen LogP contribution in [-0.4, -0.2) is 41.1 Å². The molecule has 2 aromatic carbocycles. The van der Waals surface area contributed by atoms with Crippen LogP contribution in [-0.2, 0) is 5.75 Å². The molecule has 0 fully saturated rings. The lowest BCUT2D eigenvalue weighted by molar-refractivity contribution is 0.324. The van der Waals surface area contributed by atoms with E-state index in [0.29, 0.717) is 40.3 Å². The SMILES string of the molecule is COc1cc(-c2nnc(CSc3nccn3-c3ccc(C)c(C)c3)o2)cc(OC)c1OC. The van der Waals surface area contributed by atoms with Crippen LogP contribution in [0.4, 0.5) is 0 Å². The molecule has 0 N–H and O–H groups in total. The molecule has 4 rings (SSSR count). The van der Waals surface area contributed by atoms with Crippen molar-refractivity contribution >= 4 is 11.8 Å². The standard InChI is InChI=1S/C23H24N4O4S/c1-14-6-7-17(10-15(14)2)27-9-8-24-23(27)32-13-20-25-26-22(31-20)16-11-18(28-3)21(30-5)19(12-16)29-4/h6-12H,13H2,1-5H3. The van der Waals surface area contributed by atoms with Crippen molar-refractivity contribution in [2.45, 2.75) is 24.8 Å². The van der Waals surface area contributed by atoms with E-state index in [-0.39, 0.29) is 0 Å². The highest BCUT2D eigenvalue weighted by molar-refractivity contribution is 7.98. The smallest absolute Gasteiger partial charge is 0.248 e. The molecule has 0 aliphatic carbocycles. The molecule has 4 aromatic rings. The first-order valence-corrected chi connectivity index (χ1v) is 10.9. The monoisotopic (exact) mass is 452 g/mol. The summed E-state index contributed by atoms with van der Waals surface area (Å²) in [7, 11) is 4.69. The molecule has 0 atom stereocenters. The van der Waals surface area contributed by atoms with Crippen molar-refractivity contribution in [2.24, 2.45) is 0 Å². The van der Waals surface area contributed by atoms with Gasteiger partial charge in [-0.3, -0.25) is 4.57 Å². The highest BCUT2D eigenvalue weighted by atomic mass is 32.2. The first-order valence-electron chi connectivity index (χ1n) is 9.90. The van der Waals surface area contributed by atoms with Gasteiger partial charge >= 0.3 is 0 Å². The zero-order chi connectivity index (χ0) is 22.7. The molecule has 0 radical (unpaired) electrons. The molecule has 0 spiro atoms. The number of nitrogens with zero attached hydrogens (tertiary/aromatic N) is 4. The number of benzene rings is 2. The van der Waals surface area contributed by atoms with E-state index in [1.54, 1.807) is 39.7 Å². The number of methoxy groups -OCH3 is 3. The summed E-state index contributed by atoms with van der Waals surface area (Å²) in [6.45, 7) is 4.20. The quantitative estimate of drug-likeness (QED) is 0.351. The molecule has 0 aliphatic rings. The van der Waals surface area contributed by atoms with E-state index in [1.807, 2.05) is 10.8 Å². The second kappa shape index (κ2) is 9.35. The highest BCUT2D eigenvalue weighted by Crippen LogP contribution is 2.41. The van der Waals surface area contributed by atoms with Crippen LogP contribution in [0.1, 0.15) is 17.0 Å². The number of hydrogen-bond acceptors (Lipinski definition) is 8. The minimum atomic E-state index is 0.373. The Kier molecular flexibility index (Phi) is 6.36. The van der Waals surface area contributed by atoms with Crippen LogP contribution in [0.3, 0.4) is 0 Å². The van der Waals surface area contributed by atoms with E-state index in [0.717, 1.165) is 10.8 Å². The van der Waals surface area contributed by atoms with Gasteiger partial charge in [0.25, 0.3) is 0 Å². The van der Waals surface area contributed by atoms with Gasteiger partial charge in [0, 0.05) is 23.6 Å². The second-order valence-corrected chi connectivity index (χ2v) is 7.99. The molecule has 32 heavy (non-hydrogen) atoms. The predicted molar refractivity (Wildman–Crippen MR) is 122 cm³/mol. The molecule has 8 nitrogen and oxygen atoms in total. The summed E-state index contributed by atoms with van der Waals surface area (Å²) in [5, 5.41) is 9.22. The second-order valence-electron chi connectivity index (χ2n) is 7.05. The summed E-state index contributed by atoms with van der Waals surface area (Å²) in [4.78, 5) is 4.48. The maximum absolute atomic E-state index is 5.89. The van der Waals surface area contributed by atoms with Crippen LogP contribution in [0.2, 0.25) is 0 Å². The maximum atomic E-state index is 5.89. The fraction of sp³-hybridized carbons (Fsp3) is 0.261. The summed E-state index contributed by atoms with van der Waals surface area (Å²) in [5.41, 5.74) is 4.24. The van der Waals surface area contributed by atoms with Crippen molar-refractivity contribution in [3.8, 4) is 34.4 Å². The minimum absolute atomic E-state index is 0.373. The van der Waals surface area contributed by atoms with Crippen molar-refractivity contribution in [2.75, 3.05) is 21.3 Å². The van der Waals surface area contributed by atoms with E-state index < -0.39 is 0 Å². The van der Waals surface area contributed by atoms with Crippen LogP contribution < -0.4 is 14.2 Å². The first kappa shape index (κ1) is 21.8. The molecule has 0 unspecified atom stereocenters. The lowest BCUT2D eigenvalue weighted by atomic mass is 10.1. The summed E-state index contributed by atoms with van der Waals surface area (Å²) in [6.07, 6.45) is 3.73. The number of aromatic nitrogens is 4. The van der Waals surface area contributed by atoms with E-state index in [9.17, 15) is 0 Å². The van der Waals surface area contributed by atoms with Crippen LogP contribution >= 0.6 is 11.8 Å². The fourth-order valence-electron chi connectivity index (χ4n) is 3.23. The molecule has 166 valence electrons. The van der Waals surface area contributed by atoms with E-state index >= 15 is 0 Å². The number of ether oxygens (including phenoxy) is 3. The topological polar surface area (TPSA) is 84.4 Å². The molecule has 2 heterocycles. The molecule has 0 aliphatic heterocycles. The Morgan fingerprint density at radius 1 is 0.938 bits per heavy atom. The Balaban J connectivity index is 1.53. The van der Waals surface area contributed by atoms with Gasteiger partial charge in [0.1, 0.15) is 0 Å². The Hall–Kier alpha value is -3.46. The molecule has 0 bridgehead atoms.